The van der Waals surface area contributed by atoms with E-state index >= 15 is 0 Å². The summed E-state index contributed by atoms with van der Waals surface area (Å²) >= 11 is 0. The average molecular weight is 332 g/mol. The van der Waals surface area contributed by atoms with E-state index in [0.717, 1.165) is 11.3 Å². The van der Waals surface area contributed by atoms with E-state index in [1.54, 1.807) is 30.3 Å². The van der Waals surface area contributed by atoms with Crippen LogP contribution in [0.25, 0.3) is 0 Å². The highest BCUT2D eigenvalue weighted by Crippen LogP contribution is 2.27. The minimum absolute atomic E-state index is 0.0240. The minimum Gasteiger partial charge on any atom is -0.497 e. The van der Waals surface area contributed by atoms with Gasteiger partial charge in [-0.2, -0.15) is 0 Å². The third-order valence-corrected chi connectivity index (χ3v) is 5.02. The van der Waals surface area contributed by atoms with Crippen molar-refractivity contribution in [3.05, 3.63) is 48.0 Å². The molecule has 1 amide bonds. The Morgan fingerprint density at radius 3 is 2.52 bits per heavy atom. The lowest BCUT2D eigenvalue weighted by Gasteiger charge is -2.18. The predicted molar refractivity (Wildman–Crippen MR) is 87.2 cm³/mol. The van der Waals surface area contributed by atoms with E-state index in [0.29, 0.717) is 24.3 Å². The summed E-state index contributed by atoms with van der Waals surface area (Å²) in [5.41, 5.74) is 2.11. The number of rotatable bonds is 4. The van der Waals surface area contributed by atoms with Crippen LogP contribution in [-0.4, -0.2) is 21.4 Å². The summed E-state index contributed by atoms with van der Waals surface area (Å²) in [7, 11) is -2.15. The van der Waals surface area contributed by atoms with E-state index in [4.69, 9.17) is 4.74 Å². The van der Waals surface area contributed by atoms with E-state index in [-0.39, 0.29) is 10.8 Å². The van der Waals surface area contributed by atoms with Gasteiger partial charge < -0.3 is 10.1 Å². The zero-order valence-corrected chi connectivity index (χ0v) is 13.3. The lowest BCUT2D eigenvalue weighted by Crippen LogP contribution is -2.19. The quantitative estimate of drug-likeness (QED) is 0.900. The van der Waals surface area contributed by atoms with Gasteiger partial charge in [-0.1, -0.05) is 0 Å². The fourth-order valence-electron chi connectivity index (χ4n) is 2.42. The first-order chi connectivity index (χ1) is 11.0. The summed E-state index contributed by atoms with van der Waals surface area (Å²) in [4.78, 5) is 11.5. The lowest BCUT2D eigenvalue weighted by molar-refractivity contribution is -0.116. The number of carbonyl (C=O) groups is 1. The molecule has 1 heterocycles. The zero-order valence-electron chi connectivity index (χ0n) is 12.5. The lowest BCUT2D eigenvalue weighted by atomic mass is 10.0. The number of methoxy groups -OCH3 is 1. The number of hydrogen-bond donors (Lipinski definition) is 2. The molecule has 2 N–H and O–H groups in total. The molecule has 0 saturated carbocycles. The second-order valence-corrected chi connectivity index (χ2v) is 6.88. The van der Waals surface area contributed by atoms with Crippen molar-refractivity contribution in [1.82, 2.24) is 0 Å². The first kappa shape index (κ1) is 15.4. The van der Waals surface area contributed by atoms with Crippen molar-refractivity contribution < 1.29 is 17.9 Å². The molecule has 0 bridgehead atoms. The summed E-state index contributed by atoms with van der Waals surface area (Å²) in [5, 5.41) is 2.76. The summed E-state index contributed by atoms with van der Waals surface area (Å²) in [6.45, 7) is 0. The Labute approximate surface area is 134 Å². The van der Waals surface area contributed by atoms with Gasteiger partial charge >= 0.3 is 0 Å². The van der Waals surface area contributed by atoms with Crippen LogP contribution in [-0.2, 0) is 21.2 Å². The van der Waals surface area contributed by atoms with Crippen LogP contribution in [0.1, 0.15) is 12.0 Å². The molecule has 0 atom stereocenters. The monoisotopic (exact) mass is 332 g/mol. The molecule has 6 nitrogen and oxygen atoms in total. The molecule has 0 spiro atoms. The standard InChI is InChI=1S/C16H16N2O4S/c1-22-13-4-6-14(7-5-13)23(20,21)18-12-3-8-15-11(10-12)2-9-16(19)17-15/h3-8,10,18H,2,9H2,1H3,(H,17,19). The van der Waals surface area contributed by atoms with Crippen molar-refractivity contribution in [1.29, 1.82) is 0 Å². The molecule has 23 heavy (non-hydrogen) atoms. The van der Waals surface area contributed by atoms with Gasteiger partial charge in [0.15, 0.2) is 0 Å². The van der Waals surface area contributed by atoms with Crippen LogP contribution in [0.15, 0.2) is 47.4 Å². The van der Waals surface area contributed by atoms with Crippen LogP contribution in [0, 0.1) is 0 Å². The third kappa shape index (κ3) is 3.29. The molecule has 3 rings (SSSR count). The second-order valence-electron chi connectivity index (χ2n) is 5.20. The maximum atomic E-state index is 12.4. The van der Waals surface area contributed by atoms with E-state index in [1.807, 2.05) is 0 Å². The number of amides is 1. The van der Waals surface area contributed by atoms with Crippen molar-refractivity contribution in [2.75, 3.05) is 17.1 Å². The van der Waals surface area contributed by atoms with Gasteiger partial charge in [0.05, 0.1) is 12.0 Å². The van der Waals surface area contributed by atoms with Crippen LogP contribution in [0.3, 0.4) is 0 Å². The average Bonchev–Trinajstić information content (AvgIpc) is 2.55. The number of sulfonamides is 1. The molecule has 0 aliphatic carbocycles. The Morgan fingerprint density at radius 1 is 1.09 bits per heavy atom. The molecule has 1 aliphatic rings. The van der Waals surface area contributed by atoms with E-state index in [1.165, 1.54) is 19.2 Å². The van der Waals surface area contributed by atoms with Crippen molar-refractivity contribution in [3.63, 3.8) is 0 Å². The molecular weight excluding hydrogens is 316 g/mol. The van der Waals surface area contributed by atoms with Gasteiger partial charge in [0.2, 0.25) is 5.91 Å². The Bertz CT molecular complexity index is 845. The van der Waals surface area contributed by atoms with Crippen molar-refractivity contribution in [2.45, 2.75) is 17.7 Å². The first-order valence-corrected chi connectivity index (χ1v) is 8.56. The third-order valence-electron chi connectivity index (χ3n) is 3.62. The molecule has 0 fully saturated rings. The molecular formula is C16H16N2O4S. The number of aryl methyl sites for hydroxylation is 1. The number of benzene rings is 2. The normalized spacial score (nSPS) is 13.9. The second kappa shape index (κ2) is 5.92. The van der Waals surface area contributed by atoms with Gasteiger partial charge in [0.25, 0.3) is 10.0 Å². The number of hydrogen-bond acceptors (Lipinski definition) is 4. The molecule has 7 heteroatoms. The smallest absolute Gasteiger partial charge is 0.261 e. The van der Waals surface area contributed by atoms with Crippen LogP contribution in [0.2, 0.25) is 0 Å². The van der Waals surface area contributed by atoms with Crippen molar-refractivity contribution in [3.8, 4) is 5.75 Å². The number of ether oxygens (including phenoxy) is 1. The van der Waals surface area contributed by atoms with Crippen LogP contribution in [0.4, 0.5) is 11.4 Å². The molecule has 2 aromatic carbocycles. The predicted octanol–water partition coefficient (Wildman–Crippen LogP) is 2.38. The largest absolute Gasteiger partial charge is 0.497 e. The first-order valence-electron chi connectivity index (χ1n) is 7.07. The SMILES string of the molecule is COc1ccc(S(=O)(=O)Nc2ccc3c(c2)CCC(=O)N3)cc1. The molecule has 0 aromatic heterocycles. The maximum Gasteiger partial charge on any atom is 0.261 e. The van der Waals surface area contributed by atoms with Gasteiger partial charge in [-0.3, -0.25) is 9.52 Å². The number of nitrogens with one attached hydrogen (secondary N) is 2. The highest BCUT2D eigenvalue weighted by molar-refractivity contribution is 7.92. The van der Waals surface area contributed by atoms with Gasteiger partial charge in [0, 0.05) is 17.8 Å². The molecule has 120 valence electrons. The summed E-state index contributed by atoms with van der Waals surface area (Å²) < 4.78 is 32.4. The fraction of sp³-hybridized carbons (Fsp3) is 0.188. The molecule has 0 radical (unpaired) electrons. The number of fused-ring (bicyclic) bond motifs is 1. The maximum absolute atomic E-state index is 12.4. The zero-order chi connectivity index (χ0) is 16.4. The van der Waals surface area contributed by atoms with Gasteiger partial charge in [-0.25, -0.2) is 8.42 Å². The number of carbonyl (C=O) groups excluding carboxylic acids is 1. The van der Waals surface area contributed by atoms with Gasteiger partial charge in [-0.05, 0) is 54.4 Å². The van der Waals surface area contributed by atoms with Crippen LogP contribution in [0.5, 0.6) is 5.75 Å². The highest BCUT2D eigenvalue weighted by atomic mass is 32.2. The minimum atomic E-state index is -3.67. The van der Waals surface area contributed by atoms with Crippen molar-refractivity contribution in [2.24, 2.45) is 0 Å². The summed E-state index contributed by atoms with van der Waals surface area (Å²) in [6, 6.07) is 11.2. The molecule has 2 aromatic rings. The molecule has 1 aliphatic heterocycles. The van der Waals surface area contributed by atoms with Gasteiger partial charge in [0.1, 0.15) is 5.75 Å². The fourth-order valence-corrected chi connectivity index (χ4v) is 3.47. The van der Waals surface area contributed by atoms with E-state index in [2.05, 4.69) is 10.0 Å². The van der Waals surface area contributed by atoms with E-state index < -0.39 is 10.0 Å². The molecule has 0 unspecified atom stereocenters. The van der Waals surface area contributed by atoms with Gasteiger partial charge in [-0.15, -0.1) is 0 Å². The molecule has 0 saturated heterocycles. The Hall–Kier alpha value is -2.54. The topological polar surface area (TPSA) is 84.5 Å². The Morgan fingerprint density at radius 2 is 1.83 bits per heavy atom. The highest BCUT2D eigenvalue weighted by Gasteiger charge is 2.18. The Balaban J connectivity index is 1.84. The van der Waals surface area contributed by atoms with Crippen LogP contribution >= 0.6 is 0 Å². The van der Waals surface area contributed by atoms with Crippen molar-refractivity contribution >= 4 is 27.3 Å². The Kier molecular flexibility index (Phi) is 3.96. The summed E-state index contributed by atoms with van der Waals surface area (Å²) in [6.07, 6.45) is 1.00. The number of anilines is 2. The van der Waals surface area contributed by atoms with Crippen LogP contribution < -0.4 is 14.8 Å². The van der Waals surface area contributed by atoms with E-state index in [9.17, 15) is 13.2 Å². The summed E-state index contributed by atoms with van der Waals surface area (Å²) in [5.74, 6) is 0.567.